The van der Waals surface area contributed by atoms with Crippen LogP contribution in [0.15, 0.2) is 50.4 Å². The fourth-order valence-corrected chi connectivity index (χ4v) is 4.48. The molecule has 2 aliphatic carbocycles. The Kier molecular flexibility index (Phi) is 7.06. The minimum Gasteiger partial charge on any atom is -0.433 e. The number of thioether (sulfide) groups is 1. The van der Waals surface area contributed by atoms with Crippen molar-refractivity contribution in [3.05, 3.63) is 51.9 Å². The van der Waals surface area contributed by atoms with E-state index in [1.807, 2.05) is 0 Å². The molecule has 148 valence electrons. The van der Waals surface area contributed by atoms with E-state index in [2.05, 4.69) is 44.0 Å². The first kappa shape index (κ1) is 20.1. The Morgan fingerprint density at radius 3 is 2.78 bits per heavy atom. The molecule has 0 aromatic carbocycles. The summed E-state index contributed by atoms with van der Waals surface area (Å²) in [6.07, 6.45) is 15.6. The molecule has 0 saturated heterocycles. The summed E-state index contributed by atoms with van der Waals surface area (Å²) in [5.74, 6) is 2.41. The molecule has 0 amide bonds. The van der Waals surface area contributed by atoms with Crippen molar-refractivity contribution in [1.82, 2.24) is 4.98 Å². The van der Waals surface area contributed by atoms with Crippen molar-refractivity contribution < 1.29 is 5.84 Å². The number of hydrogen-bond donors (Lipinski definition) is 1. The second-order valence-corrected chi connectivity index (χ2v) is 8.49. The average Bonchev–Trinajstić information content (AvgIpc) is 3.38. The van der Waals surface area contributed by atoms with Crippen molar-refractivity contribution in [1.29, 1.82) is 0 Å². The number of unbranched alkanes of at least 4 members (excludes halogenated alkanes) is 2. The molecule has 4 heteroatoms. The van der Waals surface area contributed by atoms with Crippen molar-refractivity contribution in [2.75, 3.05) is 5.75 Å². The molecule has 2 aliphatic rings. The molecule has 0 aliphatic heterocycles. The molecular weight excluding hydrogens is 354 g/mol. The first-order valence-corrected chi connectivity index (χ1v) is 11.3. The average molecular weight is 388 g/mol. The van der Waals surface area contributed by atoms with E-state index in [-0.39, 0.29) is 6.86 Å². The predicted molar refractivity (Wildman–Crippen MR) is 118 cm³/mol. The van der Waals surface area contributed by atoms with Crippen LogP contribution in [0, 0.1) is 11.8 Å². The number of hydrogen-bond acceptors (Lipinski definition) is 3. The lowest BCUT2D eigenvalue weighted by molar-refractivity contribution is 0.498. The zero-order valence-electron chi connectivity index (χ0n) is 16.7. The minimum absolute atomic E-state index is 0. The maximum absolute atomic E-state index is 12.3. The third-order valence-electron chi connectivity index (χ3n) is 5.18. The lowest BCUT2D eigenvalue weighted by atomic mass is 9.97. The molecule has 2 heterocycles. The highest BCUT2D eigenvalue weighted by Crippen LogP contribution is 2.49. The van der Waals surface area contributed by atoms with Crippen molar-refractivity contribution in [2.45, 2.75) is 64.4 Å². The van der Waals surface area contributed by atoms with Gasteiger partial charge in [0.25, 0.3) is 0 Å². The molecule has 1 fully saturated rings. The van der Waals surface area contributed by atoms with Gasteiger partial charge in [0.05, 0.1) is 5.39 Å². The number of furan rings is 1. The van der Waals surface area contributed by atoms with Crippen molar-refractivity contribution in [3.63, 3.8) is 0 Å². The van der Waals surface area contributed by atoms with Crippen molar-refractivity contribution in [3.8, 4) is 0 Å². The van der Waals surface area contributed by atoms with Crippen LogP contribution in [-0.4, -0.2) is 10.7 Å². The monoisotopic (exact) mass is 387 g/mol. The Labute approximate surface area is 167 Å². The summed E-state index contributed by atoms with van der Waals surface area (Å²) in [5.41, 5.74) is 3.18. The number of aromatic amines is 1. The van der Waals surface area contributed by atoms with Gasteiger partial charge in [-0.15, -0.1) is 0 Å². The van der Waals surface area contributed by atoms with Gasteiger partial charge in [0.1, 0.15) is 0 Å². The lowest BCUT2D eigenvalue weighted by Gasteiger charge is -2.09. The summed E-state index contributed by atoms with van der Waals surface area (Å²) in [5, 5.41) is 1.64. The summed E-state index contributed by atoms with van der Waals surface area (Å²) in [6.45, 7) is 6.58. The topological polar surface area (TPSA) is 46.0 Å². The Morgan fingerprint density at radius 1 is 1.26 bits per heavy atom. The molecule has 0 radical (unpaired) electrons. The highest BCUT2D eigenvalue weighted by Gasteiger charge is 2.39. The van der Waals surface area contributed by atoms with Crippen LogP contribution in [0.2, 0.25) is 0 Å². The molecule has 2 aromatic heterocycles. The number of nitrogens with one attached hydrogen (secondary N) is 1. The number of pyridine rings is 1. The van der Waals surface area contributed by atoms with Gasteiger partial charge in [-0.05, 0) is 31.1 Å². The van der Waals surface area contributed by atoms with E-state index in [0.717, 1.165) is 40.6 Å². The number of allylic oxidation sites excluding steroid dienone is 4. The van der Waals surface area contributed by atoms with Gasteiger partial charge in [-0.2, -0.15) is 0 Å². The molecule has 2 aromatic rings. The maximum Gasteiger partial charge on any atom is 0.209 e. The first-order valence-electron chi connectivity index (χ1n) is 10.3. The third-order valence-corrected chi connectivity index (χ3v) is 6.38. The Morgan fingerprint density at radius 2 is 2.07 bits per heavy atom. The fourth-order valence-electron chi connectivity index (χ4n) is 3.60. The standard InChI is InChI=1S/C18H19NO2S.C5H12.H2/c1-2-8-22-18-14(10-12-5-3-4-11-9-13(11)12)16-15(20)6-7-19-17(16)21-18;1-3-5-4-2;/h3-7,11,13H,2,8-10H2,1H3,(H,19,20);3-5H2,1-2H3;1H. The van der Waals surface area contributed by atoms with Crippen LogP contribution in [0.5, 0.6) is 0 Å². The highest BCUT2D eigenvalue weighted by molar-refractivity contribution is 7.99. The zero-order valence-corrected chi connectivity index (χ0v) is 17.5. The Balaban J connectivity index is 0.000000420. The van der Waals surface area contributed by atoms with E-state index < -0.39 is 0 Å². The number of aromatic nitrogens is 1. The zero-order chi connectivity index (χ0) is 19.2. The van der Waals surface area contributed by atoms with Crippen LogP contribution in [0.25, 0.3) is 11.1 Å². The van der Waals surface area contributed by atoms with Gasteiger partial charge in [0.2, 0.25) is 5.71 Å². The smallest absolute Gasteiger partial charge is 0.209 e. The second-order valence-electron chi connectivity index (χ2n) is 7.43. The quantitative estimate of drug-likeness (QED) is 0.535. The molecule has 2 atom stereocenters. The highest BCUT2D eigenvalue weighted by atomic mass is 32.2. The van der Waals surface area contributed by atoms with Gasteiger partial charge in [-0.25, -0.2) is 0 Å². The molecule has 4 rings (SSSR count). The van der Waals surface area contributed by atoms with E-state index in [1.165, 1.54) is 31.3 Å². The van der Waals surface area contributed by atoms with E-state index in [9.17, 15) is 4.79 Å². The fraction of sp³-hybridized carbons (Fsp3) is 0.522. The maximum atomic E-state index is 12.3. The van der Waals surface area contributed by atoms with E-state index in [0.29, 0.717) is 11.6 Å². The molecule has 2 unspecified atom stereocenters. The van der Waals surface area contributed by atoms with Crippen LogP contribution in [0.3, 0.4) is 0 Å². The minimum atomic E-state index is 0. The second kappa shape index (κ2) is 9.50. The van der Waals surface area contributed by atoms with Gasteiger partial charge >= 0.3 is 0 Å². The van der Waals surface area contributed by atoms with Crippen LogP contribution < -0.4 is 5.43 Å². The molecular formula is C23H33NO2S. The van der Waals surface area contributed by atoms with Crippen LogP contribution in [0.4, 0.5) is 0 Å². The number of H-pyrrole nitrogens is 1. The summed E-state index contributed by atoms with van der Waals surface area (Å²) in [4.78, 5) is 15.4. The van der Waals surface area contributed by atoms with E-state index in [1.54, 1.807) is 24.0 Å². The largest absolute Gasteiger partial charge is 0.433 e. The van der Waals surface area contributed by atoms with E-state index >= 15 is 0 Å². The summed E-state index contributed by atoms with van der Waals surface area (Å²) in [7, 11) is 0. The lowest BCUT2D eigenvalue weighted by Crippen LogP contribution is -2.04. The van der Waals surface area contributed by atoms with Gasteiger partial charge < -0.3 is 9.40 Å². The Hall–Kier alpha value is -1.68. The normalized spacial score (nSPS) is 20.0. The molecule has 27 heavy (non-hydrogen) atoms. The van der Waals surface area contributed by atoms with Gasteiger partial charge in [-0.1, -0.05) is 75.6 Å². The Bertz CT molecular complexity index is 878. The third kappa shape index (κ3) is 4.78. The van der Waals surface area contributed by atoms with Gasteiger partial charge in [-0.3, -0.25) is 4.79 Å². The summed E-state index contributed by atoms with van der Waals surface area (Å²) >= 11 is 1.71. The number of rotatable bonds is 7. The summed E-state index contributed by atoms with van der Waals surface area (Å²) in [6, 6.07) is 1.59. The van der Waals surface area contributed by atoms with Crippen molar-refractivity contribution >= 4 is 22.9 Å². The van der Waals surface area contributed by atoms with E-state index in [4.69, 9.17) is 4.42 Å². The molecule has 1 N–H and O–H groups in total. The molecule has 0 bridgehead atoms. The van der Waals surface area contributed by atoms with Crippen LogP contribution >= 0.6 is 11.8 Å². The molecule has 0 spiro atoms. The van der Waals surface area contributed by atoms with Crippen LogP contribution in [0.1, 0.15) is 59.9 Å². The molecule has 1 saturated carbocycles. The van der Waals surface area contributed by atoms with Crippen molar-refractivity contribution in [2.24, 2.45) is 11.8 Å². The SMILES string of the molecule is CCCCC.CCCSc1oc2[nH]ccc(=O)c2c1CC1=CC=CC2CC12.[HH]. The van der Waals surface area contributed by atoms with Gasteiger partial charge in [0, 0.05) is 25.0 Å². The van der Waals surface area contributed by atoms with Crippen LogP contribution in [-0.2, 0) is 6.42 Å². The van der Waals surface area contributed by atoms with Gasteiger partial charge in [0.15, 0.2) is 10.5 Å². The predicted octanol–water partition coefficient (Wildman–Crippen LogP) is 6.74. The first-order chi connectivity index (χ1) is 13.2. The summed E-state index contributed by atoms with van der Waals surface area (Å²) < 4.78 is 5.93. The number of fused-ring (bicyclic) bond motifs is 2. The molecule has 3 nitrogen and oxygen atoms in total.